The Morgan fingerprint density at radius 1 is 1.60 bits per heavy atom. The summed E-state index contributed by atoms with van der Waals surface area (Å²) in [5, 5.41) is 3.15. The van der Waals surface area contributed by atoms with E-state index >= 15 is 0 Å². The van der Waals surface area contributed by atoms with Crippen molar-refractivity contribution in [1.82, 2.24) is 9.88 Å². The minimum atomic E-state index is 0.0647. The van der Waals surface area contributed by atoms with Crippen LogP contribution in [-0.2, 0) is 4.74 Å². The Hall–Kier alpha value is -1.62. The highest BCUT2D eigenvalue weighted by Crippen LogP contribution is 2.21. The number of pyridine rings is 1. The van der Waals surface area contributed by atoms with Crippen molar-refractivity contribution >= 4 is 11.7 Å². The molecule has 2 heterocycles. The third-order valence-electron chi connectivity index (χ3n) is 3.59. The van der Waals surface area contributed by atoms with Crippen molar-refractivity contribution < 1.29 is 9.53 Å². The van der Waals surface area contributed by atoms with Crippen LogP contribution in [0.3, 0.4) is 0 Å². The smallest absolute Gasteiger partial charge is 0.257 e. The number of amides is 1. The molecule has 1 aromatic heterocycles. The SMILES string of the molecule is CCNc1ncccc1C(=O)N1CCCC(COC)C1. The lowest BCUT2D eigenvalue weighted by atomic mass is 9.98. The molecular weight excluding hydrogens is 254 g/mol. The number of likely N-dealkylation sites (tertiary alicyclic amines) is 1. The van der Waals surface area contributed by atoms with E-state index in [4.69, 9.17) is 4.74 Å². The third-order valence-corrected chi connectivity index (χ3v) is 3.59. The van der Waals surface area contributed by atoms with E-state index in [0.29, 0.717) is 17.3 Å². The van der Waals surface area contributed by atoms with Gasteiger partial charge in [-0.3, -0.25) is 4.79 Å². The highest BCUT2D eigenvalue weighted by atomic mass is 16.5. The van der Waals surface area contributed by atoms with Crippen LogP contribution in [0, 0.1) is 5.92 Å². The van der Waals surface area contributed by atoms with Crippen LogP contribution >= 0.6 is 0 Å². The number of rotatable bonds is 5. The van der Waals surface area contributed by atoms with Crippen molar-refractivity contribution in [3.05, 3.63) is 23.9 Å². The zero-order valence-electron chi connectivity index (χ0n) is 12.3. The van der Waals surface area contributed by atoms with Crippen LogP contribution in [0.4, 0.5) is 5.82 Å². The molecule has 0 bridgehead atoms. The summed E-state index contributed by atoms with van der Waals surface area (Å²) in [6.07, 6.45) is 3.87. The normalized spacial score (nSPS) is 18.9. The Morgan fingerprint density at radius 3 is 3.20 bits per heavy atom. The molecule has 110 valence electrons. The minimum Gasteiger partial charge on any atom is -0.384 e. The van der Waals surface area contributed by atoms with Gasteiger partial charge in [0.1, 0.15) is 5.82 Å². The lowest BCUT2D eigenvalue weighted by Crippen LogP contribution is -2.41. The number of carbonyl (C=O) groups is 1. The Bertz CT molecular complexity index is 448. The molecule has 1 aliphatic rings. The van der Waals surface area contributed by atoms with Gasteiger partial charge in [0.05, 0.1) is 12.2 Å². The fourth-order valence-corrected chi connectivity index (χ4v) is 2.68. The summed E-state index contributed by atoms with van der Waals surface area (Å²) >= 11 is 0. The van der Waals surface area contributed by atoms with E-state index < -0.39 is 0 Å². The third kappa shape index (κ3) is 3.48. The molecule has 0 saturated carbocycles. The van der Waals surface area contributed by atoms with Gasteiger partial charge in [-0.25, -0.2) is 4.98 Å². The van der Waals surface area contributed by atoms with Crippen LogP contribution in [0.25, 0.3) is 0 Å². The molecule has 0 radical (unpaired) electrons. The summed E-state index contributed by atoms with van der Waals surface area (Å²) in [6, 6.07) is 3.65. The summed E-state index contributed by atoms with van der Waals surface area (Å²) < 4.78 is 5.21. The molecule has 0 spiro atoms. The summed E-state index contributed by atoms with van der Waals surface area (Å²) in [5.74, 6) is 1.18. The van der Waals surface area contributed by atoms with Gasteiger partial charge in [0.2, 0.25) is 0 Å². The van der Waals surface area contributed by atoms with Crippen LogP contribution in [0.1, 0.15) is 30.1 Å². The van der Waals surface area contributed by atoms with E-state index in [2.05, 4.69) is 10.3 Å². The maximum Gasteiger partial charge on any atom is 0.257 e. The number of piperidine rings is 1. The van der Waals surface area contributed by atoms with Crippen LogP contribution in [0.5, 0.6) is 0 Å². The van der Waals surface area contributed by atoms with Crippen molar-refractivity contribution in [3.8, 4) is 0 Å². The summed E-state index contributed by atoms with van der Waals surface area (Å²) in [7, 11) is 1.71. The molecule has 1 aromatic rings. The molecule has 5 nitrogen and oxygen atoms in total. The van der Waals surface area contributed by atoms with Gasteiger partial charge in [-0.15, -0.1) is 0 Å². The average Bonchev–Trinajstić information content (AvgIpc) is 2.48. The molecule has 1 aliphatic heterocycles. The lowest BCUT2D eigenvalue weighted by Gasteiger charge is -2.32. The van der Waals surface area contributed by atoms with Crippen LogP contribution in [0.15, 0.2) is 18.3 Å². The van der Waals surface area contributed by atoms with Gasteiger partial charge in [-0.1, -0.05) is 0 Å². The van der Waals surface area contributed by atoms with Crippen molar-refractivity contribution in [1.29, 1.82) is 0 Å². The first kappa shape index (κ1) is 14.8. The van der Waals surface area contributed by atoms with E-state index in [9.17, 15) is 4.79 Å². The van der Waals surface area contributed by atoms with Crippen LogP contribution in [0.2, 0.25) is 0 Å². The Morgan fingerprint density at radius 2 is 2.45 bits per heavy atom. The number of methoxy groups -OCH3 is 1. The fraction of sp³-hybridized carbons (Fsp3) is 0.600. The summed E-state index contributed by atoms with van der Waals surface area (Å²) in [5.41, 5.74) is 0.660. The molecular formula is C15H23N3O2. The Balaban J connectivity index is 2.10. The molecule has 1 amide bonds. The van der Waals surface area contributed by atoms with Gasteiger partial charge in [0, 0.05) is 32.9 Å². The fourth-order valence-electron chi connectivity index (χ4n) is 2.68. The lowest BCUT2D eigenvalue weighted by molar-refractivity contribution is 0.0571. The van der Waals surface area contributed by atoms with E-state index in [1.807, 2.05) is 24.0 Å². The second-order valence-electron chi connectivity index (χ2n) is 5.14. The largest absolute Gasteiger partial charge is 0.384 e. The molecule has 0 aliphatic carbocycles. The average molecular weight is 277 g/mol. The van der Waals surface area contributed by atoms with Crippen molar-refractivity contribution in [3.63, 3.8) is 0 Å². The van der Waals surface area contributed by atoms with Crippen molar-refractivity contribution in [2.75, 3.05) is 38.7 Å². The van der Waals surface area contributed by atoms with E-state index in [1.54, 1.807) is 13.3 Å². The predicted octanol–water partition coefficient (Wildman–Crippen LogP) is 2.01. The molecule has 1 unspecified atom stereocenters. The van der Waals surface area contributed by atoms with Gasteiger partial charge in [-0.2, -0.15) is 0 Å². The van der Waals surface area contributed by atoms with Crippen molar-refractivity contribution in [2.24, 2.45) is 5.92 Å². The van der Waals surface area contributed by atoms with Gasteiger partial charge < -0.3 is 15.0 Å². The highest BCUT2D eigenvalue weighted by molar-refractivity contribution is 5.98. The predicted molar refractivity (Wildman–Crippen MR) is 78.9 cm³/mol. The highest BCUT2D eigenvalue weighted by Gasteiger charge is 2.25. The maximum absolute atomic E-state index is 12.7. The molecule has 1 saturated heterocycles. The standard InChI is InChI=1S/C15H23N3O2/c1-3-16-14-13(7-4-8-17-14)15(19)18-9-5-6-12(10-18)11-20-2/h4,7-8,12H,3,5-6,9-11H2,1-2H3,(H,16,17). The second kappa shape index (κ2) is 7.24. The molecule has 0 aromatic carbocycles. The second-order valence-corrected chi connectivity index (χ2v) is 5.14. The topological polar surface area (TPSA) is 54.5 Å². The monoisotopic (exact) mass is 277 g/mol. The first-order valence-electron chi connectivity index (χ1n) is 7.23. The van der Waals surface area contributed by atoms with E-state index in [1.165, 1.54) is 0 Å². The van der Waals surface area contributed by atoms with Gasteiger partial charge in [0.15, 0.2) is 0 Å². The van der Waals surface area contributed by atoms with Crippen LogP contribution < -0.4 is 5.32 Å². The van der Waals surface area contributed by atoms with Gasteiger partial charge in [-0.05, 0) is 37.8 Å². The number of anilines is 1. The molecule has 2 rings (SSSR count). The minimum absolute atomic E-state index is 0.0647. The number of nitrogens with one attached hydrogen (secondary N) is 1. The molecule has 1 N–H and O–H groups in total. The zero-order chi connectivity index (χ0) is 14.4. The molecule has 1 atom stereocenters. The molecule has 5 heteroatoms. The Kier molecular flexibility index (Phi) is 5.35. The number of aromatic nitrogens is 1. The number of nitrogens with zero attached hydrogens (tertiary/aromatic N) is 2. The number of hydrogen-bond acceptors (Lipinski definition) is 4. The first-order valence-corrected chi connectivity index (χ1v) is 7.23. The van der Waals surface area contributed by atoms with Crippen LogP contribution in [-0.4, -0.2) is 49.1 Å². The zero-order valence-corrected chi connectivity index (χ0v) is 12.3. The number of ether oxygens (including phenoxy) is 1. The quantitative estimate of drug-likeness (QED) is 0.894. The maximum atomic E-state index is 12.7. The number of hydrogen-bond donors (Lipinski definition) is 1. The van der Waals surface area contributed by atoms with E-state index in [0.717, 1.165) is 39.1 Å². The first-order chi connectivity index (χ1) is 9.76. The number of carbonyl (C=O) groups excluding carboxylic acids is 1. The van der Waals surface area contributed by atoms with E-state index in [-0.39, 0.29) is 5.91 Å². The Labute approximate surface area is 120 Å². The van der Waals surface area contributed by atoms with Gasteiger partial charge in [0.25, 0.3) is 5.91 Å². The molecule has 20 heavy (non-hydrogen) atoms. The summed E-state index contributed by atoms with van der Waals surface area (Å²) in [4.78, 5) is 18.8. The van der Waals surface area contributed by atoms with Gasteiger partial charge >= 0.3 is 0 Å². The molecule has 1 fully saturated rings. The van der Waals surface area contributed by atoms with Crippen molar-refractivity contribution in [2.45, 2.75) is 19.8 Å². The summed E-state index contributed by atoms with van der Waals surface area (Å²) in [6.45, 7) is 5.06.